The lowest BCUT2D eigenvalue weighted by molar-refractivity contribution is 0.206. The van der Waals surface area contributed by atoms with Gasteiger partial charge in [-0.15, -0.1) is 0 Å². The smallest absolute Gasteiger partial charge is 0.322 e. The first-order valence-corrected chi connectivity index (χ1v) is 8.24. The van der Waals surface area contributed by atoms with E-state index in [0.717, 1.165) is 17.7 Å². The number of benzene rings is 2. The zero-order valence-corrected chi connectivity index (χ0v) is 14.3. The highest BCUT2D eigenvalue weighted by Crippen LogP contribution is 2.25. The number of hydrogen-bond donors (Lipinski definition) is 1. The molecule has 0 radical (unpaired) electrons. The highest BCUT2D eigenvalue weighted by Gasteiger charge is 2.21. The van der Waals surface area contributed by atoms with Crippen LogP contribution < -0.4 is 14.8 Å². The monoisotopic (exact) mass is 344 g/mol. The minimum absolute atomic E-state index is 0.147. The van der Waals surface area contributed by atoms with Crippen LogP contribution in [0.5, 0.6) is 11.5 Å². The topological polar surface area (TPSA) is 50.8 Å². The summed E-state index contributed by atoms with van der Waals surface area (Å²) < 4.78 is 24.2. The third-order valence-corrected chi connectivity index (χ3v) is 4.19. The number of carbonyl (C=O) groups excluding carboxylic acids is 1. The average molecular weight is 344 g/mol. The predicted molar refractivity (Wildman–Crippen MR) is 93.7 cm³/mol. The van der Waals surface area contributed by atoms with E-state index in [9.17, 15) is 9.18 Å². The number of halogens is 1. The molecular formula is C19H21FN2O3. The van der Waals surface area contributed by atoms with Crippen molar-refractivity contribution in [3.05, 3.63) is 53.3 Å². The van der Waals surface area contributed by atoms with Crippen LogP contribution in [0.1, 0.15) is 18.1 Å². The van der Waals surface area contributed by atoms with Crippen LogP contribution in [-0.4, -0.2) is 31.2 Å². The van der Waals surface area contributed by atoms with Crippen LogP contribution in [0.4, 0.5) is 14.9 Å². The van der Waals surface area contributed by atoms with E-state index < -0.39 is 5.82 Å². The van der Waals surface area contributed by atoms with Gasteiger partial charge in [-0.2, -0.15) is 0 Å². The number of ether oxygens (including phenoxy) is 2. The van der Waals surface area contributed by atoms with Crippen LogP contribution in [0, 0.1) is 5.82 Å². The Balaban J connectivity index is 1.69. The molecule has 0 spiro atoms. The molecule has 0 bridgehead atoms. The Hall–Kier alpha value is -2.76. The van der Waals surface area contributed by atoms with Gasteiger partial charge in [0, 0.05) is 24.8 Å². The van der Waals surface area contributed by atoms with Gasteiger partial charge in [-0.3, -0.25) is 0 Å². The zero-order valence-electron chi connectivity index (χ0n) is 14.3. The first-order valence-electron chi connectivity index (χ1n) is 8.24. The van der Waals surface area contributed by atoms with E-state index in [4.69, 9.17) is 9.47 Å². The van der Waals surface area contributed by atoms with Gasteiger partial charge in [-0.1, -0.05) is 6.07 Å². The van der Waals surface area contributed by atoms with Crippen LogP contribution in [0.15, 0.2) is 36.4 Å². The molecule has 1 N–H and O–H groups in total. The summed E-state index contributed by atoms with van der Waals surface area (Å²) in [7, 11) is 1.40. The maximum Gasteiger partial charge on any atom is 0.322 e. The molecule has 2 aromatic rings. The summed E-state index contributed by atoms with van der Waals surface area (Å²) in [5.74, 6) is 0.444. The molecule has 1 aliphatic heterocycles. The van der Waals surface area contributed by atoms with Gasteiger partial charge in [0.05, 0.1) is 13.7 Å². The summed E-state index contributed by atoms with van der Waals surface area (Å²) >= 11 is 0. The largest absolute Gasteiger partial charge is 0.494 e. The number of methoxy groups -OCH3 is 1. The van der Waals surface area contributed by atoms with Crippen molar-refractivity contribution in [1.29, 1.82) is 0 Å². The molecule has 5 nitrogen and oxygen atoms in total. The maximum absolute atomic E-state index is 13.8. The second-order valence-electron chi connectivity index (χ2n) is 5.81. The third kappa shape index (κ3) is 3.84. The number of urea groups is 1. The number of nitrogens with one attached hydrogen (secondary N) is 1. The Morgan fingerprint density at radius 3 is 2.80 bits per heavy atom. The summed E-state index contributed by atoms with van der Waals surface area (Å²) in [6, 6.07) is 10.1. The van der Waals surface area contributed by atoms with Crippen molar-refractivity contribution >= 4 is 11.7 Å². The van der Waals surface area contributed by atoms with Gasteiger partial charge in [-0.25, -0.2) is 9.18 Å². The van der Waals surface area contributed by atoms with E-state index in [1.807, 2.05) is 19.1 Å². The van der Waals surface area contributed by atoms with Crippen LogP contribution in [0.3, 0.4) is 0 Å². The number of anilines is 1. The average Bonchev–Trinajstić information content (AvgIpc) is 2.61. The third-order valence-electron chi connectivity index (χ3n) is 4.19. The lowest BCUT2D eigenvalue weighted by atomic mass is 10.00. The number of fused-ring (bicyclic) bond motifs is 1. The number of rotatable bonds is 4. The molecule has 0 fully saturated rings. The highest BCUT2D eigenvalue weighted by molar-refractivity contribution is 5.89. The fourth-order valence-corrected chi connectivity index (χ4v) is 2.91. The first-order chi connectivity index (χ1) is 12.1. The molecule has 0 unspecified atom stereocenters. The van der Waals surface area contributed by atoms with Crippen molar-refractivity contribution in [3.8, 4) is 11.5 Å². The maximum atomic E-state index is 13.8. The lowest BCUT2D eigenvalue weighted by Gasteiger charge is -2.29. The van der Waals surface area contributed by atoms with Gasteiger partial charge in [0.2, 0.25) is 0 Å². The standard InChI is InChI=1S/C19H21FN2O3/c1-3-25-16-6-4-13-8-9-22(12-14(13)10-16)19(23)21-15-5-7-18(24-2)17(20)11-15/h4-7,10-11H,3,8-9,12H2,1-2H3,(H,21,23). The van der Waals surface area contributed by atoms with E-state index >= 15 is 0 Å². The molecule has 0 aliphatic carbocycles. The Morgan fingerprint density at radius 2 is 2.08 bits per heavy atom. The highest BCUT2D eigenvalue weighted by atomic mass is 19.1. The number of nitrogens with zero attached hydrogens (tertiary/aromatic N) is 1. The molecule has 0 atom stereocenters. The number of carbonyl (C=O) groups is 1. The minimum atomic E-state index is -0.509. The molecule has 0 saturated heterocycles. The summed E-state index contributed by atoms with van der Waals surface area (Å²) in [5, 5.41) is 2.73. The van der Waals surface area contributed by atoms with Crippen LogP contribution >= 0.6 is 0 Å². The van der Waals surface area contributed by atoms with Gasteiger partial charge < -0.3 is 19.7 Å². The molecule has 1 aliphatic rings. The Bertz CT molecular complexity index is 779. The minimum Gasteiger partial charge on any atom is -0.494 e. The molecule has 25 heavy (non-hydrogen) atoms. The van der Waals surface area contributed by atoms with Crippen molar-refractivity contribution in [2.75, 3.05) is 25.6 Å². The Morgan fingerprint density at radius 1 is 1.24 bits per heavy atom. The summed E-state index contributed by atoms with van der Waals surface area (Å²) in [6.07, 6.45) is 0.784. The van der Waals surface area contributed by atoms with Gasteiger partial charge in [-0.05, 0) is 48.7 Å². The molecule has 0 saturated carbocycles. The summed E-state index contributed by atoms with van der Waals surface area (Å²) in [5.41, 5.74) is 2.70. The van der Waals surface area contributed by atoms with Crippen molar-refractivity contribution in [2.24, 2.45) is 0 Å². The molecule has 3 rings (SSSR count). The van der Waals surface area contributed by atoms with Gasteiger partial charge in [0.25, 0.3) is 0 Å². The molecule has 6 heteroatoms. The predicted octanol–water partition coefficient (Wildman–Crippen LogP) is 3.82. The summed E-state index contributed by atoms with van der Waals surface area (Å²) in [6.45, 7) is 3.66. The lowest BCUT2D eigenvalue weighted by Crippen LogP contribution is -2.38. The fourth-order valence-electron chi connectivity index (χ4n) is 2.91. The number of amides is 2. The van der Waals surface area contributed by atoms with E-state index in [-0.39, 0.29) is 11.8 Å². The first kappa shape index (κ1) is 17.1. The molecule has 1 heterocycles. The van der Waals surface area contributed by atoms with Gasteiger partial charge >= 0.3 is 6.03 Å². The van der Waals surface area contributed by atoms with Crippen LogP contribution in [-0.2, 0) is 13.0 Å². The molecule has 2 amide bonds. The number of hydrogen-bond acceptors (Lipinski definition) is 3. The van der Waals surface area contributed by atoms with Crippen molar-refractivity contribution in [3.63, 3.8) is 0 Å². The Kier molecular flexibility index (Phi) is 5.07. The normalized spacial score (nSPS) is 13.2. The SMILES string of the molecule is CCOc1ccc2c(c1)CN(C(=O)Nc1ccc(OC)c(F)c1)CC2. The fraction of sp³-hybridized carbons (Fsp3) is 0.316. The van der Waals surface area contributed by atoms with Crippen molar-refractivity contribution in [1.82, 2.24) is 4.90 Å². The second kappa shape index (κ2) is 7.42. The molecule has 0 aromatic heterocycles. The van der Waals surface area contributed by atoms with E-state index in [2.05, 4.69) is 11.4 Å². The van der Waals surface area contributed by atoms with Gasteiger partial charge in [0.1, 0.15) is 5.75 Å². The van der Waals surface area contributed by atoms with Crippen molar-refractivity contribution < 1.29 is 18.7 Å². The van der Waals surface area contributed by atoms with Crippen LogP contribution in [0.2, 0.25) is 0 Å². The molecular weight excluding hydrogens is 323 g/mol. The van der Waals surface area contributed by atoms with Gasteiger partial charge in [0.15, 0.2) is 11.6 Å². The van der Waals surface area contributed by atoms with E-state index in [1.165, 1.54) is 24.8 Å². The van der Waals surface area contributed by atoms with Crippen molar-refractivity contribution in [2.45, 2.75) is 19.9 Å². The molecule has 2 aromatic carbocycles. The van der Waals surface area contributed by atoms with E-state index in [0.29, 0.717) is 25.4 Å². The second-order valence-corrected chi connectivity index (χ2v) is 5.81. The quantitative estimate of drug-likeness (QED) is 0.917. The summed E-state index contributed by atoms with van der Waals surface area (Å²) in [4.78, 5) is 14.2. The zero-order chi connectivity index (χ0) is 17.8. The molecule has 132 valence electrons. The van der Waals surface area contributed by atoms with Crippen LogP contribution in [0.25, 0.3) is 0 Å². The van der Waals surface area contributed by atoms with E-state index in [1.54, 1.807) is 11.0 Å². The Labute approximate surface area is 146 Å².